The number of likely N-dealkylation sites (tertiary alicyclic amines) is 1. The first kappa shape index (κ1) is 17.5. The van der Waals surface area contributed by atoms with E-state index >= 15 is 0 Å². The van der Waals surface area contributed by atoms with Crippen LogP contribution in [0.15, 0.2) is 48.5 Å². The molecule has 5 rings (SSSR count). The zero-order chi connectivity index (χ0) is 19.4. The van der Waals surface area contributed by atoms with E-state index in [4.69, 9.17) is 11.6 Å². The molecule has 2 amide bonds. The number of amides is 2. The van der Waals surface area contributed by atoms with E-state index in [1.807, 2.05) is 36.4 Å². The normalized spacial score (nSPS) is 22.9. The van der Waals surface area contributed by atoms with Crippen LogP contribution < -0.4 is 0 Å². The molecule has 0 spiro atoms. The van der Waals surface area contributed by atoms with E-state index in [9.17, 15) is 9.59 Å². The Balaban J connectivity index is 1.66. The molecule has 1 aromatic heterocycles. The lowest BCUT2D eigenvalue weighted by Gasteiger charge is -2.39. The zero-order valence-electron chi connectivity index (χ0n) is 15.5. The number of imide groups is 1. The molecule has 2 aliphatic heterocycles. The molecule has 3 aromatic rings. The van der Waals surface area contributed by atoms with Crippen LogP contribution in [0.4, 0.5) is 0 Å². The van der Waals surface area contributed by atoms with Crippen LogP contribution in [-0.2, 0) is 16.0 Å². The van der Waals surface area contributed by atoms with Gasteiger partial charge in [0.1, 0.15) is 0 Å². The second-order valence-electron chi connectivity index (χ2n) is 7.52. The number of aromatic amines is 1. The van der Waals surface area contributed by atoms with Gasteiger partial charge in [0, 0.05) is 35.2 Å². The number of hydrogen-bond acceptors (Lipinski definition) is 3. The largest absolute Gasteiger partial charge is 0.357 e. The Bertz CT molecular complexity index is 1090. The number of hydrogen-bond donors (Lipinski definition) is 1. The highest BCUT2D eigenvalue weighted by atomic mass is 35.5. The fourth-order valence-corrected chi connectivity index (χ4v) is 4.72. The number of H-pyrrole nitrogens is 1. The second kappa shape index (κ2) is 6.47. The Morgan fingerprint density at radius 2 is 1.82 bits per heavy atom. The van der Waals surface area contributed by atoms with Gasteiger partial charge in [-0.15, -0.1) is 0 Å². The van der Waals surface area contributed by atoms with E-state index in [0.29, 0.717) is 5.02 Å². The number of nitrogens with zero attached hydrogens (tertiary/aromatic N) is 2. The number of likely N-dealkylation sites (N-methyl/N-ethyl adjacent to an activating group) is 1. The predicted molar refractivity (Wildman–Crippen MR) is 108 cm³/mol. The predicted octanol–water partition coefficient (Wildman–Crippen LogP) is 3.53. The van der Waals surface area contributed by atoms with Crippen LogP contribution in [0.3, 0.4) is 0 Å². The van der Waals surface area contributed by atoms with Crippen LogP contribution in [0.25, 0.3) is 10.9 Å². The molecule has 5 nitrogen and oxygen atoms in total. The van der Waals surface area contributed by atoms with Crippen molar-refractivity contribution in [3.05, 3.63) is 70.4 Å². The Morgan fingerprint density at radius 3 is 2.54 bits per heavy atom. The summed E-state index contributed by atoms with van der Waals surface area (Å²) in [6.07, 6.45) is 1.07. The van der Waals surface area contributed by atoms with Crippen LogP contribution >= 0.6 is 11.6 Å². The van der Waals surface area contributed by atoms with Gasteiger partial charge in [0.2, 0.25) is 11.8 Å². The Kier molecular flexibility index (Phi) is 4.03. The first-order valence-electron chi connectivity index (χ1n) is 9.45. The third-order valence-corrected chi connectivity index (χ3v) is 6.27. The summed E-state index contributed by atoms with van der Waals surface area (Å²) >= 11 is 6.11. The maximum atomic E-state index is 12.8. The van der Waals surface area contributed by atoms with Crippen LogP contribution in [0, 0.1) is 0 Å². The summed E-state index contributed by atoms with van der Waals surface area (Å²) in [5.74, 6) is -0.240. The first-order chi connectivity index (χ1) is 13.5. The number of nitrogens with one attached hydrogen (secondary N) is 1. The molecular weight excluding hydrogens is 374 g/mol. The topological polar surface area (TPSA) is 56.4 Å². The number of aromatic nitrogens is 1. The summed E-state index contributed by atoms with van der Waals surface area (Å²) in [7, 11) is 1.57. The SMILES string of the molecule is CN1C(=O)C[C@H](N2CCc3c([nH]c4ccccc34)[C@H]2c2ccc(Cl)cc2)C1=O. The molecule has 3 heterocycles. The number of rotatable bonds is 2. The Labute approximate surface area is 167 Å². The minimum absolute atomic E-state index is 0.118. The summed E-state index contributed by atoms with van der Waals surface area (Å²) in [6.45, 7) is 0.722. The molecule has 28 heavy (non-hydrogen) atoms. The Hall–Kier alpha value is -2.63. The van der Waals surface area contributed by atoms with Crippen molar-refractivity contribution in [2.45, 2.75) is 24.9 Å². The number of halogens is 1. The van der Waals surface area contributed by atoms with Gasteiger partial charge in [-0.25, -0.2) is 0 Å². The third-order valence-electron chi connectivity index (χ3n) is 6.02. The van der Waals surface area contributed by atoms with E-state index in [-0.39, 0.29) is 24.3 Å². The van der Waals surface area contributed by atoms with E-state index in [2.05, 4.69) is 22.0 Å². The summed E-state index contributed by atoms with van der Waals surface area (Å²) in [6, 6.07) is 15.5. The van der Waals surface area contributed by atoms with Crippen molar-refractivity contribution in [3.63, 3.8) is 0 Å². The van der Waals surface area contributed by atoms with Crippen molar-refractivity contribution in [2.75, 3.05) is 13.6 Å². The molecule has 1 N–H and O–H groups in total. The van der Waals surface area contributed by atoms with Crippen molar-refractivity contribution < 1.29 is 9.59 Å². The smallest absolute Gasteiger partial charge is 0.246 e. The van der Waals surface area contributed by atoms with Crippen LogP contribution in [0.2, 0.25) is 5.02 Å². The van der Waals surface area contributed by atoms with E-state index in [1.165, 1.54) is 15.8 Å². The maximum Gasteiger partial charge on any atom is 0.246 e. The number of carbonyl (C=O) groups is 2. The molecule has 0 unspecified atom stereocenters. The molecule has 2 aromatic carbocycles. The highest BCUT2D eigenvalue weighted by Crippen LogP contribution is 2.41. The third kappa shape index (κ3) is 2.58. The van der Waals surface area contributed by atoms with Gasteiger partial charge in [0.25, 0.3) is 0 Å². The molecule has 0 saturated carbocycles. The number of fused-ring (bicyclic) bond motifs is 3. The van der Waals surface area contributed by atoms with Gasteiger partial charge >= 0.3 is 0 Å². The molecule has 2 atom stereocenters. The first-order valence-corrected chi connectivity index (χ1v) is 9.83. The van der Waals surface area contributed by atoms with Gasteiger partial charge in [0.15, 0.2) is 0 Å². The summed E-state index contributed by atoms with van der Waals surface area (Å²) in [5.41, 5.74) is 4.55. The van der Waals surface area contributed by atoms with Crippen molar-refractivity contribution in [3.8, 4) is 0 Å². The van der Waals surface area contributed by atoms with Crippen molar-refractivity contribution >= 4 is 34.3 Å². The lowest BCUT2D eigenvalue weighted by atomic mass is 9.90. The maximum absolute atomic E-state index is 12.8. The van der Waals surface area contributed by atoms with Crippen LogP contribution in [0.1, 0.15) is 29.3 Å². The van der Waals surface area contributed by atoms with E-state index in [0.717, 1.165) is 29.7 Å². The van der Waals surface area contributed by atoms with E-state index < -0.39 is 6.04 Å². The molecule has 0 bridgehead atoms. The molecular formula is C22H20ClN3O2. The number of benzene rings is 2. The molecule has 0 radical (unpaired) electrons. The minimum atomic E-state index is -0.433. The van der Waals surface area contributed by atoms with Crippen LogP contribution in [-0.4, -0.2) is 46.2 Å². The minimum Gasteiger partial charge on any atom is -0.357 e. The standard InChI is InChI=1S/C22H20ClN3O2/c1-25-19(27)12-18(22(25)28)26-11-10-16-15-4-2-3-5-17(15)24-20(16)21(26)13-6-8-14(23)9-7-13/h2-9,18,21,24H,10-12H2,1H3/t18-,21+/m0/s1. The quantitative estimate of drug-likeness (QED) is 0.678. The molecule has 2 aliphatic rings. The number of carbonyl (C=O) groups excluding carboxylic acids is 2. The Morgan fingerprint density at radius 1 is 1.07 bits per heavy atom. The van der Waals surface area contributed by atoms with E-state index in [1.54, 1.807) is 7.05 Å². The van der Waals surface area contributed by atoms with Crippen molar-refractivity contribution in [1.82, 2.24) is 14.8 Å². The van der Waals surface area contributed by atoms with Gasteiger partial charge in [0.05, 0.1) is 18.5 Å². The molecule has 0 aliphatic carbocycles. The fraction of sp³-hybridized carbons (Fsp3) is 0.273. The van der Waals surface area contributed by atoms with Gasteiger partial charge in [-0.2, -0.15) is 0 Å². The van der Waals surface area contributed by atoms with Gasteiger partial charge in [-0.05, 0) is 35.7 Å². The van der Waals surface area contributed by atoms with Gasteiger partial charge in [-0.3, -0.25) is 19.4 Å². The molecule has 1 fully saturated rings. The molecule has 142 valence electrons. The van der Waals surface area contributed by atoms with Crippen molar-refractivity contribution in [1.29, 1.82) is 0 Å². The van der Waals surface area contributed by atoms with Crippen molar-refractivity contribution in [2.24, 2.45) is 0 Å². The average molecular weight is 394 g/mol. The summed E-state index contributed by atoms with van der Waals surface area (Å²) < 4.78 is 0. The number of para-hydroxylation sites is 1. The van der Waals surface area contributed by atoms with Gasteiger partial charge < -0.3 is 4.98 Å². The highest BCUT2D eigenvalue weighted by molar-refractivity contribution is 6.30. The zero-order valence-corrected chi connectivity index (χ0v) is 16.2. The highest BCUT2D eigenvalue weighted by Gasteiger charge is 2.45. The fourth-order valence-electron chi connectivity index (χ4n) is 4.59. The van der Waals surface area contributed by atoms with Gasteiger partial charge in [-0.1, -0.05) is 41.9 Å². The molecule has 6 heteroatoms. The lowest BCUT2D eigenvalue weighted by molar-refractivity contribution is -0.138. The lowest BCUT2D eigenvalue weighted by Crippen LogP contribution is -2.46. The molecule has 1 saturated heterocycles. The summed E-state index contributed by atoms with van der Waals surface area (Å²) in [5, 5.41) is 1.90. The average Bonchev–Trinajstić information content (AvgIpc) is 3.20. The second-order valence-corrected chi connectivity index (χ2v) is 7.95. The van der Waals surface area contributed by atoms with Crippen LogP contribution in [0.5, 0.6) is 0 Å². The summed E-state index contributed by atoms with van der Waals surface area (Å²) in [4.78, 5) is 31.9. The monoisotopic (exact) mass is 393 g/mol.